The van der Waals surface area contributed by atoms with E-state index in [1.54, 1.807) is 32.0 Å². The van der Waals surface area contributed by atoms with E-state index in [0.29, 0.717) is 24.3 Å². The average Bonchev–Trinajstić information content (AvgIpc) is 2.38. The smallest absolute Gasteiger partial charge is 0.338 e. The topological polar surface area (TPSA) is 43.4 Å². The van der Waals surface area contributed by atoms with Crippen LogP contribution in [0.4, 0.5) is 0 Å². The molecule has 100 valence electrons. The molecule has 19 heavy (non-hydrogen) atoms. The summed E-state index contributed by atoms with van der Waals surface area (Å²) in [7, 11) is 0. The lowest BCUT2D eigenvalue weighted by Gasteiger charge is -2.01. The summed E-state index contributed by atoms with van der Waals surface area (Å²) in [6.07, 6.45) is 0.647. The maximum absolute atomic E-state index is 11.5. The first-order chi connectivity index (χ1) is 9.13. The number of ether oxygens (including phenoxy) is 1. The Morgan fingerprint density at radius 2 is 2.16 bits per heavy atom. The van der Waals surface area contributed by atoms with Crippen molar-refractivity contribution in [3.8, 4) is 11.8 Å². The Kier molecular flexibility index (Phi) is 6.76. The first kappa shape index (κ1) is 15.3. The van der Waals surface area contributed by atoms with Gasteiger partial charge in [-0.25, -0.2) is 4.79 Å². The van der Waals surface area contributed by atoms with E-state index in [1.807, 2.05) is 6.07 Å². The van der Waals surface area contributed by atoms with E-state index in [2.05, 4.69) is 11.8 Å². The summed E-state index contributed by atoms with van der Waals surface area (Å²) in [6, 6.07) is 7.03. The van der Waals surface area contributed by atoms with Crippen LogP contribution in [-0.2, 0) is 9.53 Å². The summed E-state index contributed by atoms with van der Waals surface area (Å²) in [6.45, 7) is 3.67. The number of carbonyl (C=O) groups is 2. The summed E-state index contributed by atoms with van der Waals surface area (Å²) in [5, 5.41) is 0.103. The highest BCUT2D eigenvalue weighted by molar-refractivity contribution is 8.13. The summed E-state index contributed by atoms with van der Waals surface area (Å²) < 4.78 is 4.92. The van der Waals surface area contributed by atoms with Gasteiger partial charge in [-0.3, -0.25) is 4.79 Å². The van der Waals surface area contributed by atoms with Gasteiger partial charge in [0.1, 0.15) is 0 Å². The van der Waals surface area contributed by atoms with Crippen molar-refractivity contribution in [3.05, 3.63) is 35.4 Å². The van der Waals surface area contributed by atoms with Crippen LogP contribution in [0.2, 0.25) is 0 Å². The molecule has 0 bridgehead atoms. The van der Waals surface area contributed by atoms with Gasteiger partial charge in [-0.15, -0.1) is 0 Å². The van der Waals surface area contributed by atoms with Crippen LogP contribution in [0.5, 0.6) is 0 Å². The third kappa shape index (κ3) is 6.12. The molecule has 0 aliphatic carbocycles. The fourth-order valence-corrected chi connectivity index (χ4v) is 1.84. The van der Waals surface area contributed by atoms with Gasteiger partial charge < -0.3 is 4.74 Å². The number of esters is 1. The lowest BCUT2D eigenvalue weighted by Crippen LogP contribution is -2.04. The second kappa shape index (κ2) is 8.39. The molecule has 0 amide bonds. The maximum atomic E-state index is 11.5. The first-order valence-corrected chi connectivity index (χ1v) is 7.01. The van der Waals surface area contributed by atoms with Crippen molar-refractivity contribution in [1.82, 2.24) is 0 Å². The highest BCUT2D eigenvalue weighted by Crippen LogP contribution is 2.06. The zero-order chi connectivity index (χ0) is 14.1. The number of thioether (sulfide) groups is 1. The number of benzene rings is 1. The van der Waals surface area contributed by atoms with Gasteiger partial charge >= 0.3 is 5.97 Å². The quantitative estimate of drug-likeness (QED) is 0.482. The molecule has 0 atom stereocenters. The van der Waals surface area contributed by atoms with E-state index in [-0.39, 0.29) is 11.1 Å². The molecule has 0 aliphatic heterocycles. The van der Waals surface area contributed by atoms with Crippen LogP contribution < -0.4 is 0 Å². The van der Waals surface area contributed by atoms with Gasteiger partial charge in [0.05, 0.1) is 12.2 Å². The Balaban J connectivity index is 2.59. The second-order valence-corrected chi connectivity index (χ2v) is 4.96. The molecule has 0 saturated carbocycles. The van der Waals surface area contributed by atoms with E-state index >= 15 is 0 Å². The Morgan fingerprint density at radius 1 is 1.37 bits per heavy atom. The van der Waals surface area contributed by atoms with Gasteiger partial charge in [0, 0.05) is 24.7 Å². The van der Waals surface area contributed by atoms with Crippen molar-refractivity contribution in [3.63, 3.8) is 0 Å². The van der Waals surface area contributed by atoms with E-state index < -0.39 is 0 Å². The Bertz CT molecular complexity index is 512. The fourth-order valence-electron chi connectivity index (χ4n) is 1.35. The molecular formula is C15H16O3S. The molecule has 0 aromatic heterocycles. The largest absolute Gasteiger partial charge is 0.462 e. The monoisotopic (exact) mass is 276 g/mol. The molecule has 1 aromatic rings. The molecule has 0 spiro atoms. The van der Waals surface area contributed by atoms with Crippen LogP contribution >= 0.6 is 11.8 Å². The standard InChI is InChI=1S/C15H16O3S/c1-3-18-15(17)14-9-6-8-13(11-14)7-4-5-10-19-12(2)16/h6,8-9,11H,3,5,10H2,1-2H3. The van der Waals surface area contributed by atoms with E-state index in [4.69, 9.17) is 4.74 Å². The van der Waals surface area contributed by atoms with E-state index in [1.165, 1.54) is 11.8 Å². The maximum Gasteiger partial charge on any atom is 0.338 e. The summed E-state index contributed by atoms with van der Waals surface area (Å²) >= 11 is 1.27. The average molecular weight is 276 g/mol. The van der Waals surface area contributed by atoms with Crippen LogP contribution in [0.1, 0.15) is 36.2 Å². The molecule has 0 unspecified atom stereocenters. The molecule has 1 aromatic carbocycles. The van der Waals surface area contributed by atoms with Gasteiger partial charge in [-0.2, -0.15) is 0 Å². The molecule has 1 rings (SSSR count). The molecule has 0 saturated heterocycles. The number of carbonyl (C=O) groups excluding carboxylic acids is 2. The minimum Gasteiger partial charge on any atom is -0.462 e. The summed E-state index contributed by atoms with van der Waals surface area (Å²) in [5.74, 6) is 6.31. The summed E-state index contributed by atoms with van der Waals surface area (Å²) in [5.41, 5.74) is 1.28. The zero-order valence-electron chi connectivity index (χ0n) is 11.1. The molecule has 4 heteroatoms. The van der Waals surface area contributed by atoms with E-state index in [9.17, 15) is 9.59 Å². The fraction of sp³-hybridized carbons (Fsp3) is 0.333. The molecule has 0 radical (unpaired) electrons. The highest BCUT2D eigenvalue weighted by atomic mass is 32.2. The molecular weight excluding hydrogens is 260 g/mol. The normalized spacial score (nSPS) is 9.37. The lowest BCUT2D eigenvalue weighted by molar-refractivity contribution is -0.109. The van der Waals surface area contributed by atoms with Gasteiger partial charge in [-0.1, -0.05) is 29.7 Å². The third-order valence-electron chi connectivity index (χ3n) is 2.14. The van der Waals surface area contributed by atoms with Crippen molar-refractivity contribution in [2.24, 2.45) is 0 Å². The van der Waals surface area contributed by atoms with Gasteiger partial charge in [0.2, 0.25) is 0 Å². The van der Waals surface area contributed by atoms with Gasteiger partial charge in [0.15, 0.2) is 5.12 Å². The molecule has 0 fully saturated rings. The van der Waals surface area contributed by atoms with Gasteiger partial charge in [-0.05, 0) is 25.1 Å². The number of hydrogen-bond donors (Lipinski definition) is 0. The Hall–Kier alpha value is -1.73. The summed E-state index contributed by atoms with van der Waals surface area (Å²) in [4.78, 5) is 22.3. The van der Waals surface area contributed by atoms with Gasteiger partial charge in [0.25, 0.3) is 0 Å². The minimum absolute atomic E-state index is 0.103. The predicted octanol–water partition coefficient (Wildman–Crippen LogP) is 2.88. The van der Waals surface area contributed by atoms with Crippen molar-refractivity contribution in [2.75, 3.05) is 12.4 Å². The van der Waals surface area contributed by atoms with Crippen molar-refractivity contribution in [2.45, 2.75) is 20.3 Å². The van der Waals surface area contributed by atoms with Crippen LogP contribution in [0, 0.1) is 11.8 Å². The van der Waals surface area contributed by atoms with Crippen molar-refractivity contribution in [1.29, 1.82) is 0 Å². The molecule has 0 heterocycles. The Morgan fingerprint density at radius 3 is 2.84 bits per heavy atom. The zero-order valence-corrected chi connectivity index (χ0v) is 11.9. The van der Waals surface area contributed by atoms with E-state index in [0.717, 1.165) is 5.56 Å². The Labute approximate surface area is 117 Å². The lowest BCUT2D eigenvalue weighted by atomic mass is 10.1. The highest BCUT2D eigenvalue weighted by Gasteiger charge is 2.05. The molecule has 0 N–H and O–H groups in total. The number of rotatable bonds is 4. The van der Waals surface area contributed by atoms with Crippen LogP contribution in [0.3, 0.4) is 0 Å². The molecule has 3 nitrogen and oxygen atoms in total. The van der Waals surface area contributed by atoms with Crippen molar-refractivity contribution >= 4 is 22.8 Å². The molecule has 0 aliphatic rings. The van der Waals surface area contributed by atoms with Crippen LogP contribution in [0.25, 0.3) is 0 Å². The third-order valence-corrected chi connectivity index (χ3v) is 2.95. The van der Waals surface area contributed by atoms with Crippen molar-refractivity contribution < 1.29 is 14.3 Å². The first-order valence-electron chi connectivity index (χ1n) is 6.03. The SMILES string of the molecule is CCOC(=O)c1cccc(C#CCCSC(C)=O)c1. The minimum atomic E-state index is -0.335. The predicted molar refractivity (Wildman–Crippen MR) is 77.0 cm³/mol. The van der Waals surface area contributed by atoms with Crippen LogP contribution in [0.15, 0.2) is 24.3 Å². The second-order valence-electron chi connectivity index (χ2n) is 3.69. The number of hydrogen-bond acceptors (Lipinski definition) is 4. The van der Waals surface area contributed by atoms with Crippen LogP contribution in [-0.4, -0.2) is 23.4 Å².